The molecule has 0 bridgehead atoms. The lowest BCUT2D eigenvalue weighted by Gasteiger charge is -2.10. The van der Waals surface area contributed by atoms with Gasteiger partial charge in [-0.25, -0.2) is 4.79 Å². The molecule has 0 N–H and O–H groups in total. The maximum absolute atomic E-state index is 11.1. The first kappa shape index (κ1) is 16.3. The smallest absolute Gasteiger partial charge is 0.330 e. The molecule has 0 saturated heterocycles. The van der Waals surface area contributed by atoms with Gasteiger partial charge in [-0.3, -0.25) is 0 Å². The summed E-state index contributed by atoms with van der Waals surface area (Å²) < 4.78 is 11.2. The van der Waals surface area contributed by atoms with E-state index in [4.69, 9.17) is 4.74 Å². The Balaban J connectivity index is 2.05. The SMILES string of the molecule is COC(=O)/C=C/c1ccc(OCc2ccccc2C)c(Br)c1. The van der Waals surface area contributed by atoms with E-state index < -0.39 is 0 Å². The molecule has 2 aromatic rings. The normalized spacial score (nSPS) is 10.7. The summed E-state index contributed by atoms with van der Waals surface area (Å²) in [6.45, 7) is 2.58. The van der Waals surface area contributed by atoms with Crippen LogP contribution < -0.4 is 4.74 Å². The van der Waals surface area contributed by atoms with Gasteiger partial charge < -0.3 is 9.47 Å². The molecule has 2 rings (SSSR count). The van der Waals surface area contributed by atoms with Gasteiger partial charge in [-0.2, -0.15) is 0 Å². The number of halogens is 1. The molecule has 3 nitrogen and oxygen atoms in total. The number of hydrogen-bond donors (Lipinski definition) is 0. The monoisotopic (exact) mass is 360 g/mol. The molecule has 114 valence electrons. The number of methoxy groups -OCH3 is 1. The second-order valence-electron chi connectivity index (χ2n) is 4.76. The van der Waals surface area contributed by atoms with Gasteiger partial charge in [-0.05, 0) is 57.8 Å². The molecule has 4 heteroatoms. The highest BCUT2D eigenvalue weighted by Crippen LogP contribution is 2.27. The minimum Gasteiger partial charge on any atom is -0.488 e. The van der Waals surface area contributed by atoms with Gasteiger partial charge in [0.2, 0.25) is 0 Å². The van der Waals surface area contributed by atoms with E-state index in [0.29, 0.717) is 6.61 Å². The maximum atomic E-state index is 11.1. The second-order valence-corrected chi connectivity index (χ2v) is 5.62. The Morgan fingerprint density at radius 3 is 2.68 bits per heavy atom. The minimum atomic E-state index is -0.379. The summed E-state index contributed by atoms with van der Waals surface area (Å²) in [5, 5.41) is 0. The van der Waals surface area contributed by atoms with Gasteiger partial charge in [-0.1, -0.05) is 30.3 Å². The van der Waals surface area contributed by atoms with Crippen molar-refractivity contribution in [2.75, 3.05) is 7.11 Å². The summed E-state index contributed by atoms with van der Waals surface area (Å²) in [7, 11) is 1.35. The van der Waals surface area contributed by atoms with Crippen LogP contribution in [0.15, 0.2) is 53.0 Å². The average molecular weight is 361 g/mol. The first-order valence-electron chi connectivity index (χ1n) is 6.83. The summed E-state index contributed by atoms with van der Waals surface area (Å²) in [5.41, 5.74) is 3.25. The van der Waals surface area contributed by atoms with Crippen LogP contribution in [0.2, 0.25) is 0 Å². The van der Waals surface area contributed by atoms with Crippen LogP contribution in [0.5, 0.6) is 5.75 Å². The third-order valence-corrected chi connectivity index (χ3v) is 3.83. The van der Waals surface area contributed by atoms with Crippen LogP contribution in [-0.2, 0) is 16.1 Å². The van der Waals surface area contributed by atoms with Crippen molar-refractivity contribution in [2.45, 2.75) is 13.5 Å². The molecule has 2 aromatic carbocycles. The Bertz CT molecular complexity index is 692. The molecule has 22 heavy (non-hydrogen) atoms. The number of esters is 1. The number of hydrogen-bond acceptors (Lipinski definition) is 3. The van der Waals surface area contributed by atoms with E-state index in [9.17, 15) is 4.79 Å². The fourth-order valence-corrected chi connectivity index (χ4v) is 2.41. The summed E-state index contributed by atoms with van der Waals surface area (Å²) in [5.74, 6) is 0.384. The molecule has 0 fully saturated rings. The summed E-state index contributed by atoms with van der Waals surface area (Å²) in [6, 6.07) is 13.8. The Hall–Kier alpha value is -2.07. The summed E-state index contributed by atoms with van der Waals surface area (Å²) in [6.07, 6.45) is 3.08. The Labute approximate surface area is 138 Å². The van der Waals surface area contributed by atoms with Crippen molar-refractivity contribution < 1.29 is 14.3 Å². The van der Waals surface area contributed by atoms with Crippen LogP contribution in [0.3, 0.4) is 0 Å². The lowest BCUT2D eigenvalue weighted by atomic mass is 10.1. The van der Waals surface area contributed by atoms with Gasteiger partial charge >= 0.3 is 5.97 Å². The van der Waals surface area contributed by atoms with Crippen LogP contribution in [0, 0.1) is 6.92 Å². The number of rotatable bonds is 5. The largest absolute Gasteiger partial charge is 0.488 e. The van der Waals surface area contributed by atoms with Crippen LogP contribution in [0.4, 0.5) is 0 Å². The van der Waals surface area contributed by atoms with Gasteiger partial charge in [0, 0.05) is 6.08 Å². The highest BCUT2D eigenvalue weighted by Gasteiger charge is 2.04. The van der Waals surface area contributed by atoms with Gasteiger partial charge in [0.05, 0.1) is 11.6 Å². The van der Waals surface area contributed by atoms with Gasteiger partial charge in [0.25, 0.3) is 0 Å². The predicted octanol–water partition coefficient (Wildman–Crippen LogP) is 4.52. The number of ether oxygens (including phenoxy) is 2. The Morgan fingerprint density at radius 2 is 2.00 bits per heavy atom. The summed E-state index contributed by atoms with van der Waals surface area (Å²) in [4.78, 5) is 11.1. The topological polar surface area (TPSA) is 35.5 Å². The van der Waals surface area contributed by atoms with E-state index >= 15 is 0 Å². The number of benzene rings is 2. The molecule has 0 radical (unpaired) electrons. The molecular formula is C18H17BrO3. The standard InChI is InChI=1S/C18H17BrO3/c1-13-5-3-4-6-15(13)12-22-17-9-7-14(11-16(17)19)8-10-18(20)21-2/h3-11H,12H2,1-2H3/b10-8+. The third kappa shape index (κ3) is 4.46. The molecule has 0 amide bonds. The van der Waals surface area contributed by atoms with E-state index in [1.54, 1.807) is 6.08 Å². The van der Waals surface area contributed by atoms with Crippen LogP contribution in [-0.4, -0.2) is 13.1 Å². The number of aryl methyl sites for hydroxylation is 1. The predicted molar refractivity (Wildman–Crippen MR) is 90.7 cm³/mol. The highest BCUT2D eigenvalue weighted by atomic mass is 79.9. The zero-order valence-corrected chi connectivity index (χ0v) is 14.1. The number of carbonyl (C=O) groups excluding carboxylic acids is 1. The molecule has 0 atom stereocenters. The zero-order chi connectivity index (χ0) is 15.9. The van der Waals surface area contributed by atoms with E-state index in [1.165, 1.54) is 18.7 Å². The molecule has 0 aliphatic heterocycles. The Kier molecular flexibility index (Phi) is 5.78. The molecule has 0 heterocycles. The van der Waals surface area contributed by atoms with Crippen LogP contribution in [0.1, 0.15) is 16.7 Å². The van der Waals surface area contributed by atoms with Crippen molar-refractivity contribution in [3.05, 3.63) is 69.7 Å². The summed E-state index contributed by atoms with van der Waals surface area (Å²) >= 11 is 3.49. The van der Waals surface area contributed by atoms with Crippen molar-refractivity contribution in [3.63, 3.8) is 0 Å². The fraction of sp³-hybridized carbons (Fsp3) is 0.167. The quantitative estimate of drug-likeness (QED) is 0.580. The third-order valence-electron chi connectivity index (χ3n) is 3.21. The van der Waals surface area contributed by atoms with Crippen molar-refractivity contribution in [2.24, 2.45) is 0 Å². The van der Waals surface area contributed by atoms with Crippen molar-refractivity contribution >= 4 is 28.0 Å². The molecule has 0 saturated carbocycles. The number of carbonyl (C=O) groups is 1. The molecule has 0 spiro atoms. The van der Waals surface area contributed by atoms with Gasteiger partial charge in [0.15, 0.2) is 0 Å². The van der Waals surface area contributed by atoms with E-state index in [-0.39, 0.29) is 5.97 Å². The van der Waals surface area contributed by atoms with Crippen molar-refractivity contribution in [3.8, 4) is 5.75 Å². The first-order valence-corrected chi connectivity index (χ1v) is 7.62. The highest BCUT2D eigenvalue weighted by molar-refractivity contribution is 9.10. The first-order chi connectivity index (χ1) is 10.6. The lowest BCUT2D eigenvalue weighted by Crippen LogP contribution is -1.98. The maximum Gasteiger partial charge on any atom is 0.330 e. The van der Waals surface area contributed by atoms with Gasteiger partial charge in [0.1, 0.15) is 12.4 Å². The zero-order valence-electron chi connectivity index (χ0n) is 12.5. The van der Waals surface area contributed by atoms with E-state index in [1.807, 2.05) is 30.3 Å². The molecular weight excluding hydrogens is 344 g/mol. The lowest BCUT2D eigenvalue weighted by molar-refractivity contribution is -0.134. The van der Waals surface area contributed by atoms with Crippen molar-refractivity contribution in [1.29, 1.82) is 0 Å². The Morgan fingerprint density at radius 1 is 1.23 bits per heavy atom. The molecule has 0 aliphatic carbocycles. The fourth-order valence-electron chi connectivity index (χ4n) is 1.90. The minimum absolute atomic E-state index is 0.379. The average Bonchev–Trinajstić information content (AvgIpc) is 2.53. The van der Waals surface area contributed by atoms with Gasteiger partial charge in [-0.15, -0.1) is 0 Å². The second kappa shape index (κ2) is 7.80. The van der Waals surface area contributed by atoms with Crippen LogP contribution >= 0.6 is 15.9 Å². The van der Waals surface area contributed by atoms with Crippen molar-refractivity contribution in [1.82, 2.24) is 0 Å². The van der Waals surface area contributed by atoms with Crippen LogP contribution in [0.25, 0.3) is 6.08 Å². The molecule has 0 aliphatic rings. The molecule has 0 unspecified atom stereocenters. The van der Waals surface area contributed by atoms with E-state index in [2.05, 4.69) is 39.7 Å². The van der Waals surface area contributed by atoms with E-state index in [0.717, 1.165) is 21.3 Å². The molecule has 0 aromatic heterocycles.